The van der Waals surface area contributed by atoms with Crippen molar-refractivity contribution in [3.05, 3.63) is 59.2 Å². The molecule has 2 aliphatic rings. The van der Waals surface area contributed by atoms with Gasteiger partial charge in [-0.25, -0.2) is 9.78 Å². The third-order valence-corrected chi connectivity index (χ3v) is 6.33. The van der Waals surface area contributed by atoms with Gasteiger partial charge in [0.15, 0.2) is 5.72 Å². The zero-order valence-corrected chi connectivity index (χ0v) is 17.2. The van der Waals surface area contributed by atoms with Crippen LogP contribution in [0.1, 0.15) is 53.6 Å². The summed E-state index contributed by atoms with van der Waals surface area (Å²) in [5, 5.41) is 14.6. The van der Waals surface area contributed by atoms with Crippen LogP contribution in [0.4, 0.5) is 10.7 Å². The molecule has 1 fully saturated rings. The lowest BCUT2D eigenvalue weighted by molar-refractivity contribution is -0.0755. The number of carbonyl (C=O) groups excluding carboxylic acids is 2. The highest BCUT2D eigenvalue weighted by molar-refractivity contribution is 6.00. The number of aromatic amines is 1. The summed E-state index contributed by atoms with van der Waals surface area (Å²) in [6.45, 7) is 0. The first-order valence-electron chi connectivity index (χ1n) is 10.5. The van der Waals surface area contributed by atoms with Gasteiger partial charge in [0.05, 0.1) is 18.1 Å². The Kier molecular flexibility index (Phi) is 4.66. The molecule has 1 atom stereocenters. The van der Waals surface area contributed by atoms with Crippen molar-refractivity contribution >= 4 is 29.0 Å². The second kappa shape index (κ2) is 7.39. The molecule has 8 heteroatoms. The van der Waals surface area contributed by atoms with Crippen LogP contribution in [0.15, 0.2) is 42.5 Å². The molecule has 5 rings (SSSR count). The maximum atomic E-state index is 13.4. The van der Waals surface area contributed by atoms with Crippen LogP contribution < -0.4 is 5.32 Å². The topological polar surface area (TPSA) is 108 Å². The number of H-pyrrole nitrogens is 1. The summed E-state index contributed by atoms with van der Waals surface area (Å²) in [5.74, 6) is 0.109. The van der Waals surface area contributed by atoms with Crippen molar-refractivity contribution in [2.24, 2.45) is 0 Å². The maximum Gasteiger partial charge on any atom is 0.413 e. The number of aliphatic hydroxyl groups is 1. The van der Waals surface area contributed by atoms with Gasteiger partial charge in [0.25, 0.3) is 5.91 Å². The molecule has 1 aromatic heterocycles. The first-order valence-corrected chi connectivity index (χ1v) is 10.5. The minimum Gasteiger partial charge on any atom is -0.453 e. The second-order valence-electron chi connectivity index (χ2n) is 8.12. The van der Waals surface area contributed by atoms with Gasteiger partial charge < -0.3 is 14.8 Å². The Labute approximate surface area is 179 Å². The number of fused-ring (bicyclic) bond motifs is 2. The van der Waals surface area contributed by atoms with Crippen molar-refractivity contribution in [3.8, 4) is 0 Å². The number of aromatic nitrogens is 2. The summed E-state index contributed by atoms with van der Waals surface area (Å²) in [6.07, 6.45) is 4.36. The summed E-state index contributed by atoms with van der Waals surface area (Å²) in [5.41, 5.74) is 1.39. The van der Waals surface area contributed by atoms with Gasteiger partial charge in [-0.15, -0.1) is 0 Å². The lowest BCUT2D eigenvalue weighted by Crippen LogP contribution is -2.51. The maximum absolute atomic E-state index is 13.4. The van der Waals surface area contributed by atoms with Crippen molar-refractivity contribution in [2.75, 3.05) is 12.4 Å². The molecule has 0 radical (unpaired) electrons. The molecule has 2 aromatic carbocycles. The van der Waals surface area contributed by atoms with Crippen molar-refractivity contribution < 1.29 is 19.4 Å². The van der Waals surface area contributed by atoms with Crippen molar-refractivity contribution in [2.45, 2.75) is 43.9 Å². The van der Waals surface area contributed by atoms with Gasteiger partial charge in [0.1, 0.15) is 0 Å². The van der Waals surface area contributed by atoms with Gasteiger partial charge in [-0.1, -0.05) is 43.5 Å². The Morgan fingerprint density at radius 2 is 2.00 bits per heavy atom. The summed E-state index contributed by atoms with van der Waals surface area (Å²) < 4.78 is 4.61. The van der Waals surface area contributed by atoms with E-state index >= 15 is 0 Å². The Morgan fingerprint density at radius 1 is 1.23 bits per heavy atom. The fourth-order valence-electron chi connectivity index (χ4n) is 4.87. The van der Waals surface area contributed by atoms with E-state index in [0.717, 1.165) is 32.1 Å². The largest absolute Gasteiger partial charge is 0.453 e. The van der Waals surface area contributed by atoms with Crippen molar-refractivity contribution in [1.29, 1.82) is 0 Å². The SMILES string of the molecule is COC(=O)Nc1nc2cc(C3(O)c4ccccc4C(=O)N3C3CCCCC3)ccc2[nH]1. The predicted octanol–water partition coefficient (Wildman–Crippen LogP) is 3.72. The number of nitrogens with one attached hydrogen (secondary N) is 2. The Hall–Kier alpha value is -3.39. The number of nitrogens with zero attached hydrogens (tertiary/aromatic N) is 2. The molecule has 1 aliphatic carbocycles. The molecule has 0 spiro atoms. The Balaban J connectivity index is 1.62. The molecule has 1 unspecified atom stereocenters. The van der Waals surface area contributed by atoms with Gasteiger partial charge in [-0.05, 0) is 31.0 Å². The highest BCUT2D eigenvalue weighted by Crippen LogP contribution is 2.46. The summed E-state index contributed by atoms with van der Waals surface area (Å²) in [4.78, 5) is 34.0. The summed E-state index contributed by atoms with van der Waals surface area (Å²) in [7, 11) is 1.28. The van der Waals surface area contributed by atoms with Crippen LogP contribution >= 0.6 is 0 Å². The lowest BCUT2D eigenvalue weighted by Gasteiger charge is -2.41. The molecule has 1 aliphatic heterocycles. The molecule has 160 valence electrons. The van der Waals surface area contributed by atoms with Gasteiger partial charge in [-0.2, -0.15) is 0 Å². The number of rotatable bonds is 3. The molecule has 0 bridgehead atoms. The third-order valence-electron chi connectivity index (χ3n) is 6.33. The summed E-state index contributed by atoms with van der Waals surface area (Å²) >= 11 is 0. The van der Waals surface area contributed by atoms with Crippen molar-refractivity contribution in [1.82, 2.24) is 14.9 Å². The van der Waals surface area contributed by atoms with E-state index in [4.69, 9.17) is 0 Å². The van der Waals surface area contributed by atoms with E-state index in [0.29, 0.717) is 27.7 Å². The number of amides is 2. The first-order chi connectivity index (χ1) is 15.0. The summed E-state index contributed by atoms with van der Waals surface area (Å²) in [6, 6.07) is 12.6. The number of carbonyl (C=O) groups is 2. The quantitative estimate of drug-likeness (QED) is 0.599. The van der Waals surface area contributed by atoms with E-state index in [-0.39, 0.29) is 17.9 Å². The number of methoxy groups -OCH3 is 1. The molecule has 8 nitrogen and oxygen atoms in total. The number of imidazole rings is 1. The number of benzene rings is 2. The minimum atomic E-state index is -1.57. The van der Waals surface area contributed by atoms with Gasteiger partial charge >= 0.3 is 6.09 Å². The monoisotopic (exact) mass is 420 g/mol. The van der Waals surface area contributed by atoms with E-state index < -0.39 is 11.8 Å². The normalized spacial score (nSPS) is 21.4. The predicted molar refractivity (Wildman–Crippen MR) is 115 cm³/mol. The Bertz CT molecular complexity index is 1170. The van der Waals surface area contributed by atoms with E-state index in [2.05, 4.69) is 20.0 Å². The van der Waals surface area contributed by atoms with Gasteiger partial charge in [0, 0.05) is 22.7 Å². The van der Waals surface area contributed by atoms with Crippen LogP contribution in [0.2, 0.25) is 0 Å². The molecule has 2 heterocycles. The molecule has 31 heavy (non-hydrogen) atoms. The van der Waals surface area contributed by atoms with E-state index in [1.54, 1.807) is 29.2 Å². The van der Waals surface area contributed by atoms with Gasteiger partial charge in [0.2, 0.25) is 5.95 Å². The molecule has 2 amide bonds. The zero-order chi connectivity index (χ0) is 21.6. The minimum absolute atomic E-state index is 0.0231. The van der Waals surface area contributed by atoms with Crippen LogP contribution in [0.3, 0.4) is 0 Å². The first kappa shape index (κ1) is 19.6. The average molecular weight is 420 g/mol. The van der Waals surface area contributed by atoms with Gasteiger partial charge in [-0.3, -0.25) is 15.0 Å². The number of hydrogen-bond acceptors (Lipinski definition) is 5. The van der Waals surface area contributed by atoms with E-state index in [1.807, 2.05) is 18.2 Å². The van der Waals surface area contributed by atoms with Crippen LogP contribution in [0, 0.1) is 0 Å². The zero-order valence-electron chi connectivity index (χ0n) is 17.2. The molecule has 3 aromatic rings. The number of ether oxygens (including phenoxy) is 1. The second-order valence-corrected chi connectivity index (χ2v) is 8.12. The molecule has 1 saturated carbocycles. The highest BCUT2D eigenvalue weighted by Gasteiger charge is 2.52. The van der Waals surface area contributed by atoms with Crippen LogP contribution in [-0.4, -0.2) is 45.1 Å². The highest BCUT2D eigenvalue weighted by atomic mass is 16.5. The molecule has 3 N–H and O–H groups in total. The fraction of sp³-hybridized carbons (Fsp3) is 0.348. The van der Waals surface area contributed by atoms with Crippen LogP contribution in [0.25, 0.3) is 11.0 Å². The number of anilines is 1. The van der Waals surface area contributed by atoms with E-state index in [1.165, 1.54) is 7.11 Å². The lowest BCUT2D eigenvalue weighted by atomic mass is 9.89. The van der Waals surface area contributed by atoms with Crippen LogP contribution in [0.5, 0.6) is 0 Å². The van der Waals surface area contributed by atoms with E-state index in [9.17, 15) is 14.7 Å². The molecule has 0 saturated heterocycles. The molecular formula is C23H24N4O4. The van der Waals surface area contributed by atoms with Crippen LogP contribution in [-0.2, 0) is 10.5 Å². The fourth-order valence-corrected chi connectivity index (χ4v) is 4.87. The standard InChI is InChI=1S/C23H24N4O4/c1-31-22(29)26-21-24-18-12-11-14(13-19(18)25-21)23(30)17-10-6-5-9-16(17)20(28)27(23)15-7-3-2-4-8-15/h5-6,9-13,15,30H,2-4,7-8H2,1H3,(H2,24,25,26,29). The van der Waals surface area contributed by atoms with Crippen molar-refractivity contribution in [3.63, 3.8) is 0 Å². The third kappa shape index (κ3) is 3.06. The number of hydrogen-bond donors (Lipinski definition) is 3. The Morgan fingerprint density at radius 3 is 2.77 bits per heavy atom. The smallest absolute Gasteiger partial charge is 0.413 e. The molecular weight excluding hydrogens is 396 g/mol. The average Bonchev–Trinajstić information content (AvgIpc) is 3.30.